The van der Waals surface area contributed by atoms with E-state index in [0.717, 1.165) is 10.5 Å². The molecule has 1 aromatic rings. The SMILES string of the molecule is CC1COC(CO)CN1S(=O)(=O)c1[nH]ncc1C(=O)O. The first-order valence-electron chi connectivity index (χ1n) is 5.89. The van der Waals surface area contributed by atoms with Gasteiger partial charge in [0.05, 0.1) is 25.5 Å². The third-order valence-electron chi connectivity index (χ3n) is 3.05. The number of morpholine rings is 1. The van der Waals surface area contributed by atoms with Crippen molar-refractivity contribution in [3.63, 3.8) is 0 Å². The van der Waals surface area contributed by atoms with Gasteiger partial charge in [-0.3, -0.25) is 5.10 Å². The molecular formula is C10H15N3O6S. The maximum Gasteiger partial charge on any atom is 0.340 e. The minimum absolute atomic E-state index is 0.0436. The van der Waals surface area contributed by atoms with Crippen molar-refractivity contribution in [2.24, 2.45) is 0 Å². The zero-order valence-electron chi connectivity index (χ0n) is 10.7. The van der Waals surface area contributed by atoms with Crippen LogP contribution in [0.4, 0.5) is 0 Å². The molecule has 10 heteroatoms. The molecule has 0 aromatic carbocycles. The van der Waals surface area contributed by atoms with Gasteiger partial charge in [-0.25, -0.2) is 13.2 Å². The number of nitrogens with zero attached hydrogens (tertiary/aromatic N) is 2. The largest absolute Gasteiger partial charge is 0.478 e. The normalized spacial score (nSPS) is 24.7. The number of aliphatic hydroxyl groups excluding tert-OH is 1. The number of aromatic nitrogens is 2. The summed E-state index contributed by atoms with van der Waals surface area (Å²) in [5, 5.41) is 23.3. The van der Waals surface area contributed by atoms with Gasteiger partial charge < -0.3 is 14.9 Å². The number of hydrogen-bond donors (Lipinski definition) is 3. The molecule has 1 saturated heterocycles. The van der Waals surface area contributed by atoms with E-state index in [-0.39, 0.29) is 19.8 Å². The fraction of sp³-hybridized carbons (Fsp3) is 0.600. The van der Waals surface area contributed by atoms with E-state index in [0.29, 0.717) is 0 Å². The van der Waals surface area contributed by atoms with Gasteiger partial charge in [-0.15, -0.1) is 0 Å². The van der Waals surface area contributed by atoms with Crippen LogP contribution in [-0.4, -0.2) is 71.0 Å². The molecule has 2 heterocycles. The minimum Gasteiger partial charge on any atom is -0.478 e. The Bertz CT molecular complexity index is 598. The summed E-state index contributed by atoms with van der Waals surface area (Å²) in [4.78, 5) is 11.0. The van der Waals surface area contributed by atoms with Crippen LogP contribution in [0.5, 0.6) is 0 Å². The fourth-order valence-corrected chi connectivity index (χ4v) is 3.70. The lowest BCUT2D eigenvalue weighted by molar-refractivity contribution is -0.0517. The number of carbonyl (C=O) groups is 1. The molecule has 1 aliphatic rings. The van der Waals surface area contributed by atoms with E-state index in [1.165, 1.54) is 0 Å². The fourth-order valence-electron chi connectivity index (χ4n) is 1.98. The van der Waals surface area contributed by atoms with Crippen LogP contribution >= 0.6 is 0 Å². The number of carboxylic acid groups (broad SMARTS) is 1. The zero-order chi connectivity index (χ0) is 14.9. The van der Waals surface area contributed by atoms with Crippen molar-refractivity contribution in [2.75, 3.05) is 19.8 Å². The Hall–Kier alpha value is -1.49. The molecule has 2 atom stereocenters. The number of aromatic amines is 1. The average molecular weight is 305 g/mol. The Balaban J connectivity index is 2.38. The summed E-state index contributed by atoms with van der Waals surface area (Å²) in [6.07, 6.45) is 0.321. The van der Waals surface area contributed by atoms with E-state index in [1.54, 1.807) is 6.92 Å². The van der Waals surface area contributed by atoms with Gasteiger partial charge in [-0.2, -0.15) is 9.40 Å². The first-order chi connectivity index (χ1) is 9.37. The number of aliphatic hydroxyl groups is 1. The highest BCUT2D eigenvalue weighted by Crippen LogP contribution is 2.23. The van der Waals surface area contributed by atoms with Gasteiger partial charge in [0.15, 0.2) is 5.03 Å². The van der Waals surface area contributed by atoms with Crippen molar-refractivity contribution in [3.8, 4) is 0 Å². The number of ether oxygens (including phenoxy) is 1. The summed E-state index contributed by atoms with van der Waals surface area (Å²) in [5.41, 5.74) is -0.413. The van der Waals surface area contributed by atoms with Crippen molar-refractivity contribution in [3.05, 3.63) is 11.8 Å². The molecule has 0 bridgehead atoms. The number of nitrogens with one attached hydrogen (secondary N) is 1. The van der Waals surface area contributed by atoms with Crippen LogP contribution in [-0.2, 0) is 14.8 Å². The van der Waals surface area contributed by atoms with E-state index in [4.69, 9.17) is 14.9 Å². The number of hydrogen-bond acceptors (Lipinski definition) is 6. The molecule has 2 unspecified atom stereocenters. The Kier molecular flexibility index (Phi) is 4.09. The quantitative estimate of drug-likeness (QED) is 0.641. The van der Waals surface area contributed by atoms with Crippen molar-refractivity contribution >= 4 is 16.0 Å². The van der Waals surface area contributed by atoms with E-state index in [9.17, 15) is 13.2 Å². The number of rotatable bonds is 4. The molecule has 0 radical (unpaired) electrons. The zero-order valence-corrected chi connectivity index (χ0v) is 11.5. The molecule has 2 rings (SSSR count). The first kappa shape index (κ1) is 14.9. The molecule has 0 aliphatic carbocycles. The second-order valence-corrected chi connectivity index (χ2v) is 6.31. The van der Waals surface area contributed by atoms with Crippen molar-refractivity contribution < 1.29 is 28.2 Å². The highest BCUT2D eigenvalue weighted by atomic mass is 32.2. The Morgan fingerprint density at radius 3 is 2.95 bits per heavy atom. The van der Waals surface area contributed by atoms with Gasteiger partial charge in [0.25, 0.3) is 10.0 Å². The maximum atomic E-state index is 12.5. The van der Waals surface area contributed by atoms with Crippen molar-refractivity contribution in [2.45, 2.75) is 24.1 Å². The third-order valence-corrected chi connectivity index (χ3v) is 5.01. The van der Waals surface area contributed by atoms with E-state index >= 15 is 0 Å². The minimum atomic E-state index is -4.04. The molecule has 9 nitrogen and oxygen atoms in total. The lowest BCUT2D eigenvalue weighted by Gasteiger charge is -2.35. The lowest BCUT2D eigenvalue weighted by Crippen LogP contribution is -2.52. The number of sulfonamides is 1. The topological polar surface area (TPSA) is 133 Å². The lowest BCUT2D eigenvalue weighted by atomic mass is 10.2. The molecule has 0 saturated carbocycles. The monoisotopic (exact) mass is 305 g/mol. The molecule has 1 aliphatic heterocycles. The van der Waals surface area contributed by atoms with Gasteiger partial charge in [-0.05, 0) is 6.92 Å². The highest BCUT2D eigenvalue weighted by molar-refractivity contribution is 7.89. The molecule has 0 amide bonds. The highest BCUT2D eigenvalue weighted by Gasteiger charge is 2.38. The molecule has 1 aromatic heterocycles. The summed E-state index contributed by atoms with van der Waals surface area (Å²) < 4.78 is 31.4. The maximum absolute atomic E-state index is 12.5. The van der Waals surface area contributed by atoms with E-state index in [2.05, 4.69) is 10.2 Å². The van der Waals surface area contributed by atoms with Crippen LogP contribution < -0.4 is 0 Å². The second kappa shape index (κ2) is 5.48. The van der Waals surface area contributed by atoms with Gasteiger partial charge in [0.1, 0.15) is 5.56 Å². The van der Waals surface area contributed by atoms with Crippen LogP contribution in [0.3, 0.4) is 0 Å². The van der Waals surface area contributed by atoms with Crippen LogP contribution in [0.2, 0.25) is 0 Å². The number of H-pyrrole nitrogens is 1. The van der Waals surface area contributed by atoms with Gasteiger partial charge >= 0.3 is 5.97 Å². The summed E-state index contributed by atoms with van der Waals surface area (Å²) in [6, 6.07) is -0.465. The van der Waals surface area contributed by atoms with Crippen LogP contribution in [0.15, 0.2) is 11.2 Å². The Morgan fingerprint density at radius 2 is 2.35 bits per heavy atom. The van der Waals surface area contributed by atoms with Crippen LogP contribution in [0, 0.1) is 0 Å². The number of aromatic carboxylic acids is 1. The molecule has 20 heavy (non-hydrogen) atoms. The Labute approximate surface area is 115 Å². The molecule has 112 valence electrons. The Morgan fingerprint density at radius 1 is 1.65 bits per heavy atom. The number of carboxylic acids is 1. The third kappa shape index (κ3) is 2.54. The summed E-state index contributed by atoms with van der Waals surface area (Å²) in [6.45, 7) is 1.41. The smallest absolute Gasteiger partial charge is 0.340 e. The van der Waals surface area contributed by atoms with Crippen molar-refractivity contribution in [1.29, 1.82) is 0 Å². The molecule has 1 fully saturated rings. The van der Waals surface area contributed by atoms with E-state index in [1.807, 2.05) is 0 Å². The second-order valence-electron chi connectivity index (χ2n) is 4.48. The summed E-state index contributed by atoms with van der Waals surface area (Å²) in [7, 11) is -4.04. The van der Waals surface area contributed by atoms with Crippen LogP contribution in [0.25, 0.3) is 0 Å². The van der Waals surface area contributed by atoms with Gasteiger partial charge in [0, 0.05) is 12.6 Å². The van der Waals surface area contributed by atoms with Crippen molar-refractivity contribution in [1.82, 2.24) is 14.5 Å². The molecule has 0 spiro atoms. The average Bonchev–Trinajstić information content (AvgIpc) is 2.89. The standard InChI is InChI=1S/C10H15N3O6S/c1-6-5-19-7(4-14)3-13(6)20(17,18)9-8(10(15)16)2-11-12-9/h2,6-7,14H,3-5H2,1H3,(H,11,12)(H,15,16). The van der Waals surface area contributed by atoms with Crippen LogP contribution in [0.1, 0.15) is 17.3 Å². The van der Waals surface area contributed by atoms with Gasteiger partial charge in [0.2, 0.25) is 0 Å². The molecular weight excluding hydrogens is 290 g/mol. The summed E-state index contributed by atoms with van der Waals surface area (Å²) >= 11 is 0. The first-order valence-corrected chi connectivity index (χ1v) is 7.33. The predicted octanol–water partition coefficient (Wildman–Crippen LogP) is -1.12. The summed E-state index contributed by atoms with van der Waals surface area (Å²) in [5.74, 6) is -1.38. The molecule has 3 N–H and O–H groups in total. The predicted molar refractivity (Wildman–Crippen MR) is 65.7 cm³/mol. The van der Waals surface area contributed by atoms with Gasteiger partial charge in [-0.1, -0.05) is 0 Å². The van der Waals surface area contributed by atoms with E-state index < -0.39 is 38.7 Å².